The first-order valence-electron chi connectivity index (χ1n) is 14.1. The minimum atomic E-state index is -0.210. The molecule has 2 aromatic heterocycles. The summed E-state index contributed by atoms with van der Waals surface area (Å²) in [5.41, 5.74) is 10.1. The minimum Gasteiger partial charge on any atom is -0.397 e. The highest BCUT2D eigenvalue weighted by Gasteiger charge is 2.27. The zero-order valence-electron chi connectivity index (χ0n) is 22.6. The molecule has 2 saturated heterocycles. The first-order chi connectivity index (χ1) is 19.0. The van der Waals surface area contributed by atoms with Crippen molar-refractivity contribution < 1.29 is 9.59 Å². The maximum absolute atomic E-state index is 12.9. The molecule has 1 atom stereocenters. The summed E-state index contributed by atoms with van der Waals surface area (Å²) in [5.74, 6) is -0.0609. The van der Waals surface area contributed by atoms with Crippen LogP contribution in [0.25, 0.3) is 10.2 Å². The van der Waals surface area contributed by atoms with E-state index in [2.05, 4.69) is 62.3 Å². The quantitative estimate of drug-likeness (QED) is 0.278. The molecule has 0 bridgehead atoms. The van der Waals surface area contributed by atoms with Crippen molar-refractivity contribution >= 4 is 44.7 Å². The molecule has 0 aliphatic carbocycles. The van der Waals surface area contributed by atoms with E-state index in [9.17, 15) is 9.59 Å². The Kier molecular flexibility index (Phi) is 8.95. The summed E-state index contributed by atoms with van der Waals surface area (Å²) in [6.07, 6.45) is 4.63. The standard InChI is InChI=1S/C29H39N7O2S/c1-2-3-20-6-9-23-25(30)26(39-29(23)35-20)28(38)33-15-10-19-4-7-22(8-5-19)36-17-16-32-24(18-36)27(37)34-21-11-13-31-14-12-21/h4-9,21,24,31-32H,2-3,10-18,30H2,1H3,(H,33,38)(H,34,37). The predicted molar refractivity (Wildman–Crippen MR) is 159 cm³/mol. The van der Waals surface area contributed by atoms with E-state index in [0.29, 0.717) is 23.7 Å². The molecule has 1 aromatic carbocycles. The zero-order valence-corrected chi connectivity index (χ0v) is 23.4. The fraction of sp³-hybridized carbons (Fsp3) is 0.483. The average Bonchev–Trinajstić information content (AvgIpc) is 3.30. The third kappa shape index (κ3) is 6.69. The number of hydrogen-bond donors (Lipinski definition) is 5. The lowest BCUT2D eigenvalue weighted by Crippen LogP contribution is -2.59. The number of nitrogen functional groups attached to an aromatic ring is 1. The fourth-order valence-corrected chi connectivity index (χ4v) is 6.33. The molecule has 6 N–H and O–H groups in total. The topological polar surface area (TPSA) is 124 Å². The number of piperazine rings is 1. The summed E-state index contributed by atoms with van der Waals surface area (Å²) >= 11 is 1.36. The van der Waals surface area contributed by atoms with Gasteiger partial charge in [-0.25, -0.2) is 4.98 Å². The van der Waals surface area contributed by atoms with Crippen molar-refractivity contribution in [2.75, 3.05) is 49.9 Å². The lowest BCUT2D eigenvalue weighted by Gasteiger charge is -2.35. The van der Waals surface area contributed by atoms with E-state index in [1.54, 1.807) is 0 Å². The van der Waals surface area contributed by atoms with Crippen LogP contribution in [0.5, 0.6) is 0 Å². The van der Waals surface area contributed by atoms with Gasteiger partial charge in [0.15, 0.2) is 0 Å². The molecule has 2 aliphatic heterocycles. The van der Waals surface area contributed by atoms with Gasteiger partial charge in [0.25, 0.3) is 5.91 Å². The van der Waals surface area contributed by atoms with Crippen LogP contribution in [0.2, 0.25) is 0 Å². The number of thiophene rings is 1. The first-order valence-corrected chi connectivity index (χ1v) is 14.9. The monoisotopic (exact) mass is 549 g/mol. The number of piperidine rings is 1. The van der Waals surface area contributed by atoms with Gasteiger partial charge >= 0.3 is 0 Å². The number of carbonyl (C=O) groups is 2. The van der Waals surface area contributed by atoms with E-state index in [-0.39, 0.29) is 23.9 Å². The van der Waals surface area contributed by atoms with E-state index in [1.165, 1.54) is 11.3 Å². The van der Waals surface area contributed by atoms with E-state index in [4.69, 9.17) is 5.73 Å². The van der Waals surface area contributed by atoms with E-state index >= 15 is 0 Å². The van der Waals surface area contributed by atoms with Gasteiger partial charge in [-0.15, -0.1) is 11.3 Å². The minimum absolute atomic E-state index is 0.0930. The Morgan fingerprint density at radius 3 is 2.67 bits per heavy atom. The molecule has 0 saturated carbocycles. The van der Waals surface area contributed by atoms with Crippen LogP contribution >= 0.6 is 11.3 Å². The second-order valence-corrected chi connectivity index (χ2v) is 11.4. The smallest absolute Gasteiger partial charge is 0.263 e. The second kappa shape index (κ2) is 12.8. The summed E-state index contributed by atoms with van der Waals surface area (Å²) in [5, 5.41) is 13.8. The molecular weight excluding hydrogens is 510 g/mol. The number of pyridine rings is 1. The van der Waals surface area contributed by atoms with Crippen LogP contribution in [0.1, 0.15) is 47.1 Å². The van der Waals surface area contributed by atoms with Gasteiger partial charge < -0.3 is 31.9 Å². The summed E-state index contributed by atoms with van der Waals surface area (Å²) < 4.78 is 0. The number of benzene rings is 1. The number of nitrogens with one attached hydrogen (secondary N) is 4. The van der Waals surface area contributed by atoms with Gasteiger partial charge in [-0.1, -0.05) is 25.5 Å². The van der Waals surface area contributed by atoms with Crippen LogP contribution in [0.4, 0.5) is 11.4 Å². The number of carbonyl (C=O) groups excluding carboxylic acids is 2. The van der Waals surface area contributed by atoms with Crippen LogP contribution in [0.15, 0.2) is 36.4 Å². The molecule has 0 spiro atoms. The van der Waals surface area contributed by atoms with Crippen molar-refractivity contribution in [3.8, 4) is 0 Å². The predicted octanol–water partition coefficient (Wildman–Crippen LogP) is 2.45. The number of anilines is 2. The highest BCUT2D eigenvalue weighted by atomic mass is 32.1. The molecule has 1 unspecified atom stereocenters. The van der Waals surface area contributed by atoms with Crippen molar-refractivity contribution in [1.82, 2.24) is 26.3 Å². The maximum Gasteiger partial charge on any atom is 0.263 e. The Hall–Kier alpha value is -3.21. The Labute approximate surface area is 233 Å². The molecule has 208 valence electrons. The third-order valence-electron chi connectivity index (χ3n) is 7.54. The summed E-state index contributed by atoms with van der Waals surface area (Å²) in [6, 6.07) is 12.4. The number of fused-ring (bicyclic) bond motifs is 1. The van der Waals surface area contributed by atoms with Gasteiger partial charge in [-0.3, -0.25) is 9.59 Å². The zero-order chi connectivity index (χ0) is 27.2. The van der Waals surface area contributed by atoms with E-state index in [1.807, 2.05) is 12.1 Å². The van der Waals surface area contributed by atoms with Crippen molar-refractivity contribution in [2.45, 2.75) is 51.1 Å². The SMILES string of the molecule is CCCc1ccc2c(N)c(C(=O)NCCc3ccc(N4CCNC(C(=O)NC5CCNCC5)C4)cc3)sc2n1. The van der Waals surface area contributed by atoms with E-state index < -0.39 is 0 Å². The Morgan fingerprint density at radius 1 is 1.10 bits per heavy atom. The van der Waals surface area contributed by atoms with Crippen molar-refractivity contribution in [3.05, 3.63) is 52.5 Å². The van der Waals surface area contributed by atoms with Crippen LogP contribution < -0.4 is 31.9 Å². The summed E-state index contributed by atoms with van der Waals surface area (Å²) in [7, 11) is 0. The van der Waals surface area contributed by atoms with Gasteiger partial charge in [0.05, 0.1) is 5.69 Å². The fourth-order valence-electron chi connectivity index (χ4n) is 5.30. The normalized spacial score (nSPS) is 18.3. The molecule has 2 amide bonds. The maximum atomic E-state index is 12.9. The van der Waals surface area contributed by atoms with Crippen molar-refractivity contribution in [3.63, 3.8) is 0 Å². The molecular formula is C29H39N7O2S. The number of aromatic nitrogens is 1. The summed E-state index contributed by atoms with van der Waals surface area (Å²) in [4.78, 5) is 33.9. The number of nitrogens with two attached hydrogens (primary N) is 1. The Morgan fingerprint density at radius 2 is 1.90 bits per heavy atom. The van der Waals surface area contributed by atoms with Gasteiger partial charge in [-0.05, 0) is 68.6 Å². The van der Waals surface area contributed by atoms with Crippen molar-refractivity contribution in [2.24, 2.45) is 0 Å². The number of amides is 2. The average molecular weight is 550 g/mol. The number of rotatable bonds is 9. The second-order valence-electron chi connectivity index (χ2n) is 10.4. The molecule has 3 aromatic rings. The third-order valence-corrected chi connectivity index (χ3v) is 8.66. The number of hydrogen-bond acceptors (Lipinski definition) is 8. The molecule has 2 fully saturated rings. The molecule has 4 heterocycles. The van der Waals surface area contributed by atoms with E-state index in [0.717, 1.165) is 85.4 Å². The van der Waals surface area contributed by atoms with Gasteiger partial charge in [-0.2, -0.15) is 0 Å². The largest absolute Gasteiger partial charge is 0.397 e. The molecule has 2 aliphatic rings. The Bertz CT molecular complexity index is 1290. The molecule has 39 heavy (non-hydrogen) atoms. The summed E-state index contributed by atoms with van der Waals surface area (Å²) in [6.45, 7) is 6.85. The molecule has 9 nitrogen and oxygen atoms in total. The number of nitrogens with zero attached hydrogens (tertiary/aromatic N) is 2. The van der Waals surface area contributed by atoms with Crippen LogP contribution in [-0.4, -0.2) is 68.2 Å². The van der Waals surface area contributed by atoms with Gasteiger partial charge in [0.1, 0.15) is 15.7 Å². The number of aryl methyl sites for hydroxylation is 1. The lowest BCUT2D eigenvalue weighted by molar-refractivity contribution is -0.124. The first kappa shape index (κ1) is 27.4. The highest BCUT2D eigenvalue weighted by molar-refractivity contribution is 7.21. The molecule has 0 radical (unpaired) electrons. The highest BCUT2D eigenvalue weighted by Crippen LogP contribution is 2.32. The van der Waals surface area contributed by atoms with Crippen LogP contribution in [-0.2, 0) is 17.6 Å². The van der Waals surface area contributed by atoms with Crippen LogP contribution in [0.3, 0.4) is 0 Å². The molecule has 10 heteroatoms. The lowest BCUT2D eigenvalue weighted by atomic mass is 10.1. The van der Waals surface area contributed by atoms with Gasteiger partial charge in [0.2, 0.25) is 5.91 Å². The molecule has 5 rings (SSSR count). The Balaban J connectivity index is 1.12. The van der Waals surface area contributed by atoms with Crippen LogP contribution in [0, 0.1) is 0 Å². The van der Waals surface area contributed by atoms with Gasteiger partial charge in [0, 0.05) is 49.0 Å². The van der Waals surface area contributed by atoms with Crippen molar-refractivity contribution in [1.29, 1.82) is 0 Å².